The fourth-order valence-electron chi connectivity index (χ4n) is 2.09. The molecule has 6 heteroatoms. The molecule has 2 aromatic rings. The molecule has 1 heterocycles. The van der Waals surface area contributed by atoms with Crippen LogP contribution in [0.3, 0.4) is 0 Å². The maximum atomic E-state index is 6.05. The molecule has 0 saturated carbocycles. The summed E-state index contributed by atoms with van der Waals surface area (Å²) in [5.74, 6) is 2.68. The third kappa shape index (κ3) is 3.52. The van der Waals surface area contributed by atoms with Gasteiger partial charge in [-0.2, -0.15) is 4.98 Å². The van der Waals surface area contributed by atoms with Crippen LogP contribution in [0.5, 0.6) is 11.5 Å². The number of nitrogens with two attached hydrogens (primary N) is 1. The van der Waals surface area contributed by atoms with Gasteiger partial charge in [-0.25, -0.2) is 0 Å². The Morgan fingerprint density at radius 1 is 1.19 bits per heavy atom. The van der Waals surface area contributed by atoms with Crippen LogP contribution in [0.25, 0.3) is 11.4 Å². The topological polar surface area (TPSA) is 83.4 Å². The highest BCUT2D eigenvalue weighted by molar-refractivity contribution is 5.60. The molecule has 0 saturated heterocycles. The van der Waals surface area contributed by atoms with E-state index in [9.17, 15) is 0 Å². The van der Waals surface area contributed by atoms with Gasteiger partial charge >= 0.3 is 0 Å². The van der Waals surface area contributed by atoms with Crippen molar-refractivity contribution in [3.63, 3.8) is 0 Å². The lowest BCUT2D eigenvalue weighted by Gasteiger charge is -2.08. The van der Waals surface area contributed by atoms with Gasteiger partial charge in [0.1, 0.15) is 0 Å². The summed E-state index contributed by atoms with van der Waals surface area (Å²) in [6.07, 6.45) is 0.799. The Morgan fingerprint density at radius 2 is 1.90 bits per heavy atom. The van der Waals surface area contributed by atoms with Crippen LogP contribution in [0.2, 0.25) is 0 Å². The molecule has 21 heavy (non-hydrogen) atoms. The van der Waals surface area contributed by atoms with Gasteiger partial charge in [0.05, 0.1) is 20.3 Å². The Bertz CT molecular complexity index is 596. The summed E-state index contributed by atoms with van der Waals surface area (Å²) < 4.78 is 15.7. The first-order valence-electron chi connectivity index (χ1n) is 6.86. The number of nitrogens with zero attached hydrogens (tertiary/aromatic N) is 2. The minimum Gasteiger partial charge on any atom is -0.493 e. The zero-order valence-electron chi connectivity index (χ0n) is 12.8. The van der Waals surface area contributed by atoms with E-state index >= 15 is 0 Å². The molecule has 114 valence electrons. The minimum absolute atomic E-state index is 0.244. The largest absolute Gasteiger partial charge is 0.493 e. The number of benzene rings is 1. The molecule has 2 N–H and O–H groups in total. The quantitative estimate of drug-likeness (QED) is 0.881. The van der Waals surface area contributed by atoms with Crippen molar-refractivity contribution < 1.29 is 14.0 Å². The van der Waals surface area contributed by atoms with Gasteiger partial charge in [-0.05, 0) is 30.5 Å². The van der Waals surface area contributed by atoms with Crippen LogP contribution in [0.15, 0.2) is 22.7 Å². The number of ether oxygens (including phenoxy) is 2. The monoisotopic (exact) mass is 291 g/mol. The zero-order valence-corrected chi connectivity index (χ0v) is 12.8. The molecule has 2 rings (SSSR count). The van der Waals surface area contributed by atoms with Crippen LogP contribution in [0, 0.1) is 5.92 Å². The van der Waals surface area contributed by atoms with E-state index in [2.05, 4.69) is 24.0 Å². The smallest absolute Gasteiger partial charge is 0.243 e. The van der Waals surface area contributed by atoms with Crippen LogP contribution in [-0.2, 0) is 0 Å². The van der Waals surface area contributed by atoms with Crippen LogP contribution in [0.1, 0.15) is 32.2 Å². The molecule has 0 aliphatic carbocycles. The fourth-order valence-corrected chi connectivity index (χ4v) is 2.09. The molecule has 1 unspecified atom stereocenters. The number of hydrogen-bond donors (Lipinski definition) is 1. The molecule has 0 spiro atoms. The van der Waals surface area contributed by atoms with Crippen molar-refractivity contribution in [3.05, 3.63) is 24.1 Å². The van der Waals surface area contributed by atoms with Crippen LogP contribution < -0.4 is 15.2 Å². The predicted octanol–water partition coefficient (Wildman–Crippen LogP) is 2.80. The molecule has 0 amide bonds. The Labute approximate surface area is 124 Å². The molecule has 0 aliphatic rings. The SMILES string of the molecule is COc1ccc(-c2noc(C(N)CC(C)C)n2)cc1OC. The van der Waals surface area contributed by atoms with E-state index in [0.717, 1.165) is 12.0 Å². The third-order valence-corrected chi connectivity index (χ3v) is 3.13. The summed E-state index contributed by atoms with van der Waals surface area (Å²) in [5, 5.41) is 3.98. The molecule has 0 radical (unpaired) electrons. The van der Waals surface area contributed by atoms with E-state index in [1.165, 1.54) is 0 Å². The van der Waals surface area contributed by atoms with Gasteiger partial charge < -0.3 is 19.7 Å². The molecule has 6 nitrogen and oxygen atoms in total. The number of methoxy groups -OCH3 is 2. The lowest BCUT2D eigenvalue weighted by atomic mass is 10.0. The zero-order chi connectivity index (χ0) is 15.4. The Balaban J connectivity index is 2.25. The van der Waals surface area contributed by atoms with Crippen molar-refractivity contribution in [3.8, 4) is 22.9 Å². The lowest BCUT2D eigenvalue weighted by molar-refractivity contribution is 0.335. The average molecular weight is 291 g/mol. The molecule has 0 fully saturated rings. The molecule has 1 atom stereocenters. The number of hydrogen-bond acceptors (Lipinski definition) is 6. The summed E-state index contributed by atoms with van der Waals surface area (Å²) >= 11 is 0. The van der Waals surface area contributed by atoms with Gasteiger partial charge in [0.2, 0.25) is 11.7 Å². The average Bonchev–Trinajstić information content (AvgIpc) is 2.95. The Hall–Kier alpha value is -2.08. The van der Waals surface area contributed by atoms with Crippen molar-refractivity contribution in [2.45, 2.75) is 26.3 Å². The van der Waals surface area contributed by atoms with Gasteiger partial charge in [-0.3, -0.25) is 0 Å². The second-order valence-electron chi connectivity index (χ2n) is 5.26. The van der Waals surface area contributed by atoms with Crippen LogP contribution in [0.4, 0.5) is 0 Å². The van der Waals surface area contributed by atoms with Crippen molar-refractivity contribution in [1.82, 2.24) is 10.1 Å². The Morgan fingerprint density at radius 3 is 2.52 bits per heavy atom. The van der Waals surface area contributed by atoms with E-state index in [1.807, 2.05) is 6.07 Å². The van der Waals surface area contributed by atoms with Crippen LogP contribution in [-0.4, -0.2) is 24.4 Å². The molecule has 0 aliphatic heterocycles. The predicted molar refractivity (Wildman–Crippen MR) is 79.2 cm³/mol. The van der Waals surface area contributed by atoms with Crippen molar-refractivity contribution in [2.75, 3.05) is 14.2 Å². The molecular formula is C15H21N3O3. The van der Waals surface area contributed by atoms with Gasteiger partial charge in [0.25, 0.3) is 0 Å². The second-order valence-corrected chi connectivity index (χ2v) is 5.26. The lowest BCUT2D eigenvalue weighted by Crippen LogP contribution is -2.13. The highest BCUT2D eigenvalue weighted by atomic mass is 16.5. The van der Waals surface area contributed by atoms with E-state index in [0.29, 0.717) is 29.1 Å². The normalized spacial score (nSPS) is 12.5. The minimum atomic E-state index is -0.244. The second kappa shape index (κ2) is 6.58. The molecular weight excluding hydrogens is 270 g/mol. The van der Waals surface area contributed by atoms with Gasteiger partial charge in [-0.15, -0.1) is 0 Å². The van der Waals surface area contributed by atoms with Crippen molar-refractivity contribution >= 4 is 0 Å². The van der Waals surface area contributed by atoms with Gasteiger partial charge in [-0.1, -0.05) is 19.0 Å². The fraction of sp³-hybridized carbons (Fsp3) is 0.467. The summed E-state index contributed by atoms with van der Waals surface area (Å²) in [7, 11) is 3.18. The summed E-state index contributed by atoms with van der Waals surface area (Å²) in [6.45, 7) is 4.21. The first-order valence-corrected chi connectivity index (χ1v) is 6.86. The molecule has 1 aromatic heterocycles. The van der Waals surface area contributed by atoms with Crippen molar-refractivity contribution in [1.29, 1.82) is 0 Å². The van der Waals surface area contributed by atoms with E-state index in [-0.39, 0.29) is 6.04 Å². The molecule has 0 bridgehead atoms. The summed E-state index contributed by atoms with van der Waals surface area (Å²) in [6, 6.07) is 5.22. The molecule has 1 aromatic carbocycles. The third-order valence-electron chi connectivity index (χ3n) is 3.13. The van der Waals surface area contributed by atoms with E-state index in [4.69, 9.17) is 19.7 Å². The van der Waals surface area contributed by atoms with Gasteiger partial charge in [0, 0.05) is 5.56 Å². The standard InChI is InChI=1S/C15H21N3O3/c1-9(2)7-11(16)15-17-14(18-21-15)10-5-6-12(19-3)13(8-10)20-4/h5-6,8-9,11H,7,16H2,1-4H3. The summed E-state index contributed by atoms with van der Waals surface area (Å²) in [4.78, 5) is 4.37. The van der Waals surface area contributed by atoms with Crippen molar-refractivity contribution in [2.24, 2.45) is 11.7 Å². The summed E-state index contributed by atoms with van der Waals surface area (Å²) in [5.41, 5.74) is 6.84. The number of rotatable bonds is 6. The first-order chi connectivity index (χ1) is 10.0. The highest BCUT2D eigenvalue weighted by Gasteiger charge is 2.17. The van der Waals surface area contributed by atoms with E-state index in [1.54, 1.807) is 26.4 Å². The number of aromatic nitrogens is 2. The maximum Gasteiger partial charge on any atom is 0.243 e. The van der Waals surface area contributed by atoms with Gasteiger partial charge in [0.15, 0.2) is 11.5 Å². The van der Waals surface area contributed by atoms with E-state index < -0.39 is 0 Å². The highest BCUT2D eigenvalue weighted by Crippen LogP contribution is 2.31. The maximum absolute atomic E-state index is 6.05. The van der Waals surface area contributed by atoms with Crippen LogP contribution >= 0.6 is 0 Å². The Kier molecular flexibility index (Phi) is 4.80. The first kappa shape index (κ1) is 15.3.